The quantitative estimate of drug-likeness (QED) is 0.605. The summed E-state index contributed by atoms with van der Waals surface area (Å²) in [6, 6.07) is 1.11. The van der Waals surface area contributed by atoms with Crippen molar-refractivity contribution in [1.82, 2.24) is 4.98 Å². The average Bonchev–Trinajstić information content (AvgIpc) is 2.17. The van der Waals surface area contributed by atoms with Crippen LogP contribution in [0.1, 0.15) is 22.6 Å². The zero-order chi connectivity index (χ0) is 10.1. The largest absolute Gasteiger partial charge is 0.477 e. The third-order valence-electron chi connectivity index (χ3n) is 2.24. The van der Waals surface area contributed by atoms with Crippen LogP contribution in [0, 0.1) is 0 Å². The Morgan fingerprint density at radius 3 is 3.00 bits per heavy atom. The van der Waals surface area contributed by atoms with Gasteiger partial charge in [0.15, 0.2) is 0 Å². The van der Waals surface area contributed by atoms with Crippen molar-refractivity contribution in [2.45, 2.75) is 12.8 Å². The van der Waals surface area contributed by atoms with Crippen molar-refractivity contribution >= 4 is 11.7 Å². The fraction of sp³-hybridized carbons (Fsp3) is 0.333. The number of hydrogen-bond donors (Lipinski definition) is 3. The molecule has 74 valence electrons. The molecule has 0 saturated carbocycles. The normalized spacial score (nSPS) is 14.3. The highest BCUT2D eigenvalue weighted by Crippen LogP contribution is 2.15. The number of aryl methyl sites for hydroxylation is 1. The highest BCUT2D eigenvalue weighted by Gasteiger charge is 2.15. The molecule has 0 unspecified atom stereocenters. The van der Waals surface area contributed by atoms with Crippen LogP contribution in [0.25, 0.3) is 0 Å². The van der Waals surface area contributed by atoms with Crippen LogP contribution in [0.5, 0.6) is 0 Å². The molecule has 1 aromatic heterocycles. The summed E-state index contributed by atoms with van der Waals surface area (Å²) in [6.07, 6.45) is 1.63. The molecule has 0 amide bonds. The molecule has 3 N–H and O–H groups in total. The molecular formula is C9H10N2O3. The lowest BCUT2D eigenvalue weighted by atomic mass is 10.1. The molecule has 1 aliphatic rings. The minimum Gasteiger partial charge on any atom is -0.477 e. The molecular weight excluding hydrogens is 184 g/mol. The lowest BCUT2D eigenvalue weighted by Crippen LogP contribution is -2.23. The van der Waals surface area contributed by atoms with Gasteiger partial charge in [0.2, 0.25) is 5.43 Å². The van der Waals surface area contributed by atoms with Crippen molar-refractivity contribution in [3.05, 3.63) is 27.7 Å². The molecule has 0 spiro atoms. The number of anilines is 1. The number of aromatic amines is 1. The van der Waals surface area contributed by atoms with E-state index in [1.807, 2.05) is 0 Å². The van der Waals surface area contributed by atoms with Crippen LogP contribution in [0.2, 0.25) is 0 Å². The summed E-state index contributed by atoms with van der Waals surface area (Å²) < 4.78 is 0. The molecule has 5 heteroatoms. The molecule has 0 aromatic carbocycles. The van der Waals surface area contributed by atoms with Gasteiger partial charge >= 0.3 is 5.97 Å². The number of pyridine rings is 1. The van der Waals surface area contributed by atoms with Crippen LogP contribution in [0.3, 0.4) is 0 Å². The van der Waals surface area contributed by atoms with Gasteiger partial charge in [0, 0.05) is 18.3 Å². The number of hydrogen-bond acceptors (Lipinski definition) is 3. The summed E-state index contributed by atoms with van der Waals surface area (Å²) in [4.78, 5) is 24.8. The number of rotatable bonds is 1. The van der Waals surface area contributed by atoms with Gasteiger partial charge in [-0.15, -0.1) is 0 Å². The number of fused-ring (bicyclic) bond motifs is 1. The first-order valence-electron chi connectivity index (χ1n) is 4.42. The molecule has 0 bridgehead atoms. The van der Waals surface area contributed by atoms with E-state index in [9.17, 15) is 9.59 Å². The molecule has 0 saturated heterocycles. The number of nitrogens with one attached hydrogen (secondary N) is 2. The number of H-pyrrole nitrogens is 1. The third kappa shape index (κ3) is 1.37. The standard InChI is InChI=1S/C9H10N2O3/c12-7-4-6(9(13)14)11-5-2-1-3-10-8(5)7/h4,10H,1-3H2,(H,11,12)(H,13,14). The summed E-state index contributed by atoms with van der Waals surface area (Å²) >= 11 is 0. The van der Waals surface area contributed by atoms with Crippen LogP contribution >= 0.6 is 0 Å². The number of carboxylic acids is 1. The second kappa shape index (κ2) is 3.17. The van der Waals surface area contributed by atoms with E-state index in [0.29, 0.717) is 11.4 Å². The van der Waals surface area contributed by atoms with Gasteiger partial charge in [0.1, 0.15) is 11.4 Å². The molecule has 0 aliphatic carbocycles. The Balaban J connectivity index is 2.57. The maximum absolute atomic E-state index is 11.4. The van der Waals surface area contributed by atoms with E-state index in [0.717, 1.165) is 25.5 Å². The molecule has 5 nitrogen and oxygen atoms in total. The zero-order valence-electron chi connectivity index (χ0n) is 7.46. The first-order valence-corrected chi connectivity index (χ1v) is 4.42. The average molecular weight is 194 g/mol. The van der Waals surface area contributed by atoms with E-state index in [1.165, 1.54) is 0 Å². The summed E-state index contributed by atoms with van der Waals surface area (Å²) in [6.45, 7) is 0.766. The Morgan fingerprint density at radius 1 is 1.50 bits per heavy atom. The van der Waals surface area contributed by atoms with Crippen LogP contribution in [0.4, 0.5) is 5.69 Å². The molecule has 0 atom stereocenters. The van der Waals surface area contributed by atoms with Gasteiger partial charge in [0.05, 0.1) is 0 Å². The van der Waals surface area contributed by atoms with Gasteiger partial charge in [0.25, 0.3) is 0 Å². The van der Waals surface area contributed by atoms with Crippen molar-refractivity contribution in [2.24, 2.45) is 0 Å². The van der Waals surface area contributed by atoms with Gasteiger partial charge in [-0.2, -0.15) is 0 Å². The first-order chi connectivity index (χ1) is 6.68. The molecule has 0 fully saturated rings. The van der Waals surface area contributed by atoms with Gasteiger partial charge in [-0.25, -0.2) is 4.79 Å². The van der Waals surface area contributed by atoms with E-state index in [1.54, 1.807) is 0 Å². The summed E-state index contributed by atoms with van der Waals surface area (Å²) in [5.74, 6) is -1.10. The highest BCUT2D eigenvalue weighted by molar-refractivity contribution is 5.85. The first kappa shape index (κ1) is 8.80. The monoisotopic (exact) mass is 194 g/mol. The smallest absolute Gasteiger partial charge is 0.352 e. The Kier molecular flexibility index (Phi) is 1.99. The molecule has 0 radical (unpaired) electrons. The Hall–Kier alpha value is -1.78. The van der Waals surface area contributed by atoms with Crippen molar-refractivity contribution in [3.8, 4) is 0 Å². The zero-order valence-corrected chi connectivity index (χ0v) is 7.46. The lowest BCUT2D eigenvalue weighted by molar-refractivity contribution is 0.0690. The van der Waals surface area contributed by atoms with Gasteiger partial charge in [-0.3, -0.25) is 4.79 Å². The van der Waals surface area contributed by atoms with E-state index in [4.69, 9.17) is 5.11 Å². The summed E-state index contributed by atoms with van der Waals surface area (Å²) in [5, 5.41) is 11.7. The number of carbonyl (C=O) groups is 1. The van der Waals surface area contributed by atoms with Gasteiger partial charge in [-0.05, 0) is 12.8 Å². The molecule has 1 aromatic rings. The molecule has 2 heterocycles. The van der Waals surface area contributed by atoms with Crippen molar-refractivity contribution in [2.75, 3.05) is 11.9 Å². The second-order valence-corrected chi connectivity index (χ2v) is 3.24. The molecule has 14 heavy (non-hydrogen) atoms. The third-order valence-corrected chi connectivity index (χ3v) is 2.24. The summed E-state index contributed by atoms with van der Waals surface area (Å²) in [5.41, 5.74) is 0.913. The summed E-state index contributed by atoms with van der Waals surface area (Å²) in [7, 11) is 0. The van der Waals surface area contributed by atoms with Crippen LogP contribution in [-0.2, 0) is 6.42 Å². The fourth-order valence-electron chi connectivity index (χ4n) is 1.59. The van der Waals surface area contributed by atoms with E-state index >= 15 is 0 Å². The number of carboxylic acid groups (broad SMARTS) is 1. The maximum atomic E-state index is 11.4. The van der Waals surface area contributed by atoms with Crippen molar-refractivity contribution in [3.63, 3.8) is 0 Å². The fourth-order valence-corrected chi connectivity index (χ4v) is 1.59. The van der Waals surface area contributed by atoms with Gasteiger partial charge < -0.3 is 15.4 Å². The van der Waals surface area contributed by atoms with Crippen LogP contribution < -0.4 is 10.7 Å². The maximum Gasteiger partial charge on any atom is 0.352 e. The lowest BCUT2D eigenvalue weighted by Gasteiger charge is -2.16. The minimum absolute atomic E-state index is 0.0440. The Morgan fingerprint density at radius 2 is 2.29 bits per heavy atom. The topological polar surface area (TPSA) is 82.2 Å². The highest BCUT2D eigenvalue weighted by atomic mass is 16.4. The minimum atomic E-state index is -1.10. The number of aromatic carboxylic acids is 1. The Bertz CT molecular complexity index is 436. The van der Waals surface area contributed by atoms with E-state index in [-0.39, 0.29) is 11.1 Å². The van der Waals surface area contributed by atoms with Crippen molar-refractivity contribution < 1.29 is 9.90 Å². The number of aromatic nitrogens is 1. The second-order valence-electron chi connectivity index (χ2n) is 3.24. The SMILES string of the molecule is O=C(O)c1cc(=O)c2c([nH]1)CCCN2. The van der Waals surface area contributed by atoms with E-state index in [2.05, 4.69) is 10.3 Å². The predicted molar refractivity (Wildman–Crippen MR) is 50.8 cm³/mol. The predicted octanol–water partition coefficient (Wildman–Crippen LogP) is 0.431. The van der Waals surface area contributed by atoms with Crippen molar-refractivity contribution in [1.29, 1.82) is 0 Å². The van der Waals surface area contributed by atoms with Crippen LogP contribution in [-0.4, -0.2) is 22.6 Å². The Labute approximate surface area is 79.8 Å². The van der Waals surface area contributed by atoms with Crippen LogP contribution in [0.15, 0.2) is 10.9 Å². The van der Waals surface area contributed by atoms with E-state index < -0.39 is 5.97 Å². The molecule has 1 aliphatic heterocycles. The molecule has 2 rings (SSSR count). The van der Waals surface area contributed by atoms with Gasteiger partial charge in [-0.1, -0.05) is 0 Å².